The molecule has 0 radical (unpaired) electrons. The molecule has 0 heterocycles. The number of carbonyl (C=O) groups is 1. The second-order valence-corrected chi connectivity index (χ2v) is 4.59. The molecule has 3 heteroatoms. The molecule has 1 aliphatic carbocycles. The predicted octanol–water partition coefficient (Wildman–Crippen LogP) is 3.24. The predicted molar refractivity (Wildman–Crippen MR) is 59.2 cm³/mol. The zero-order valence-electron chi connectivity index (χ0n) is 8.37. The van der Waals surface area contributed by atoms with Crippen LogP contribution < -0.4 is 0 Å². The summed E-state index contributed by atoms with van der Waals surface area (Å²) in [5, 5.41) is 9.62. The number of carboxylic acid groups (broad SMARTS) is 1. The highest BCUT2D eigenvalue weighted by atomic mass is 35.5. The fourth-order valence-electron chi connectivity index (χ4n) is 2.33. The van der Waals surface area contributed by atoms with Crippen LogP contribution in [0.3, 0.4) is 0 Å². The first-order chi connectivity index (χ1) is 7.14. The van der Waals surface area contributed by atoms with Crippen LogP contribution in [0.2, 0.25) is 5.02 Å². The van der Waals surface area contributed by atoms with Crippen LogP contribution in [-0.2, 0) is 10.2 Å². The van der Waals surface area contributed by atoms with Crippen molar-refractivity contribution in [3.8, 4) is 0 Å². The Balaban J connectivity index is 2.34. The van der Waals surface area contributed by atoms with Crippen molar-refractivity contribution in [2.45, 2.75) is 31.1 Å². The molecule has 2 nitrogen and oxygen atoms in total. The van der Waals surface area contributed by atoms with Crippen LogP contribution in [0.1, 0.15) is 31.2 Å². The minimum atomic E-state index is -0.741. The Hall–Kier alpha value is -1.02. The summed E-state index contributed by atoms with van der Waals surface area (Å²) in [4.78, 5) is 10.8. The number of rotatable bonds is 3. The van der Waals surface area contributed by atoms with Crippen molar-refractivity contribution in [3.63, 3.8) is 0 Å². The van der Waals surface area contributed by atoms with E-state index in [1.54, 1.807) is 0 Å². The average molecular weight is 225 g/mol. The van der Waals surface area contributed by atoms with Gasteiger partial charge in [0.25, 0.3) is 0 Å². The van der Waals surface area contributed by atoms with Crippen LogP contribution >= 0.6 is 11.6 Å². The highest BCUT2D eigenvalue weighted by molar-refractivity contribution is 6.31. The van der Waals surface area contributed by atoms with Gasteiger partial charge in [0, 0.05) is 10.4 Å². The normalized spacial score (nSPS) is 18.2. The topological polar surface area (TPSA) is 37.3 Å². The first-order valence-corrected chi connectivity index (χ1v) is 5.49. The molecule has 1 fully saturated rings. The highest BCUT2D eigenvalue weighted by Gasteiger charge is 2.41. The summed E-state index contributed by atoms with van der Waals surface area (Å²) in [6.45, 7) is 0. The molecule has 80 valence electrons. The van der Waals surface area contributed by atoms with E-state index < -0.39 is 5.97 Å². The standard InChI is InChI=1S/C12H13ClO2/c13-10-5-2-1-4-9(10)12(6-3-7-12)8-11(14)15/h1-2,4-5H,3,6-8H2,(H,14,15). The monoisotopic (exact) mass is 224 g/mol. The van der Waals surface area contributed by atoms with Gasteiger partial charge in [-0.15, -0.1) is 0 Å². The minimum absolute atomic E-state index is 0.191. The Kier molecular flexibility index (Phi) is 2.70. The van der Waals surface area contributed by atoms with Crippen molar-refractivity contribution in [2.24, 2.45) is 0 Å². The molecule has 0 amide bonds. The van der Waals surface area contributed by atoms with E-state index in [1.165, 1.54) is 0 Å². The maximum atomic E-state index is 10.8. The molecule has 1 aliphatic rings. The molecule has 0 unspecified atom stereocenters. The van der Waals surface area contributed by atoms with Gasteiger partial charge >= 0.3 is 5.97 Å². The number of hydrogen-bond acceptors (Lipinski definition) is 1. The lowest BCUT2D eigenvalue weighted by atomic mass is 9.62. The quantitative estimate of drug-likeness (QED) is 0.856. The van der Waals surface area contributed by atoms with Crippen LogP contribution in [0.15, 0.2) is 24.3 Å². The van der Waals surface area contributed by atoms with Crippen molar-refractivity contribution in [1.29, 1.82) is 0 Å². The fourth-order valence-corrected chi connectivity index (χ4v) is 2.66. The first-order valence-electron chi connectivity index (χ1n) is 5.11. The lowest BCUT2D eigenvalue weighted by Gasteiger charge is -2.41. The molecule has 0 saturated heterocycles. The average Bonchev–Trinajstić information content (AvgIpc) is 2.12. The van der Waals surface area contributed by atoms with Gasteiger partial charge in [-0.05, 0) is 24.5 Å². The minimum Gasteiger partial charge on any atom is -0.481 e. The van der Waals surface area contributed by atoms with E-state index in [2.05, 4.69) is 0 Å². The number of carboxylic acids is 1. The van der Waals surface area contributed by atoms with E-state index in [9.17, 15) is 4.79 Å². The van der Waals surface area contributed by atoms with Crippen LogP contribution in [-0.4, -0.2) is 11.1 Å². The zero-order valence-corrected chi connectivity index (χ0v) is 9.13. The Morgan fingerprint density at radius 2 is 2.07 bits per heavy atom. The van der Waals surface area contributed by atoms with Gasteiger partial charge in [0.05, 0.1) is 6.42 Å². The summed E-state index contributed by atoms with van der Waals surface area (Å²) < 4.78 is 0. The second-order valence-electron chi connectivity index (χ2n) is 4.18. The number of hydrogen-bond donors (Lipinski definition) is 1. The first kappa shape index (κ1) is 10.5. The lowest BCUT2D eigenvalue weighted by Crippen LogP contribution is -2.36. The Bertz CT molecular complexity index is 383. The maximum absolute atomic E-state index is 10.8. The third-order valence-electron chi connectivity index (χ3n) is 3.25. The third kappa shape index (κ3) is 1.86. The summed E-state index contributed by atoms with van der Waals surface area (Å²) in [7, 11) is 0. The Labute approximate surface area is 93.9 Å². The molecule has 15 heavy (non-hydrogen) atoms. The number of halogens is 1. The summed E-state index contributed by atoms with van der Waals surface area (Å²) in [5.41, 5.74) is 0.796. The fraction of sp³-hybridized carbons (Fsp3) is 0.417. The van der Waals surface area contributed by atoms with Crippen molar-refractivity contribution < 1.29 is 9.90 Å². The number of aliphatic carboxylic acids is 1. The molecule has 0 spiro atoms. The third-order valence-corrected chi connectivity index (χ3v) is 3.58. The van der Waals surface area contributed by atoms with Gasteiger partial charge in [0.2, 0.25) is 0 Å². The van der Waals surface area contributed by atoms with Gasteiger partial charge < -0.3 is 5.11 Å². The summed E-state index contributed by atoms with van der Waals surface area (Å²) >= 11 is 6.11. The molecular formula is C12H13ClO2. The molecule has 1 saturated carbocycles. The SMILES string of the molecule is O=C(O)CC1(c2ccccc2Cl)CCC1. The van der Waals surface area contributed by atoms with Crippen molar-refractivity contribution in [2.75, 3.05) is 0 Å². The van der Waals surface area contributed by atoms with Gasteiger partial charge in [0.1, 0.15) is 0 Å². The van der Waals surface area contributed by atoms with Crippen molar-refractivity contribution in [1.82, 2.24) is 0 Å². The van der Waals surface area contributed by atoms with Crippen LogP contribution in [0.25, 0.3) is 0 Å². The highest BCUT2D eigenvalue weighted by Crippen LogP contribution is 2.48. The van der Waals surface area contributed by atoms with Gasteiger partial charge in [0.15, 0.2) is 0 Å². The Morgan fingerprint density at radius 1 is 1.40 bits per heavy atom. The molecule has 2 rings (SSSR count). The molecule has 0 bridgehead atoms. The Morgan fingerprint density at radius 3 is 2.53 bits per heavy atom. The zero-order chi connectivity index (χ0) is 10.9. The largest absolute Gasteiger partial charge is 0.481 e. The molecule has 0 aromatic heterocycles. The number of benzene rings is 1. The van der Waals surface area contributed by atoms with Gasteiger partial charge in [-0.1, -0.05) is 36.2 Å². The molecule has 0 aliphatic heterocycles. The van der Waals surface area contributed by atoms with Gasteiger partial charge in [-0.25, -0.2) is 0 Å². The van der Waals surface area contributed by atoms with E-state index >= 15 is 0 Å². The maximum Gasteiger partial charge on any atom is 0.304 e. The second kappa shape index (κ2) is 3.86. The van der Waals surface area contributed by atoms with E-state index in [4.69, 9.17) is 16.7 Å². The van der Waals surface area contributed by atoms with E-state index in [0.717, 1.165) is 24.8 Å². The van der Waals surface area contributed by atoms with Crippen LogP contribution in [0.4, 0.5) is 0 Å². The van der Waals surface area contributed by atoms with Gasteiger partial charge in [-0.2, -0.15) is 0 Å². The van der Waals surface area contributed by atoms with Crippen LogP contribution in [0.5, 0.6) is 0 Å². The molecular weight excluding hydrogens is 212 g/mol. The lowest BCUT2D eigenvalue weighted by molar-refractivity contribution is -0.139. The van der Waals surface area contributed by atoms with Crippen molar-refractivity contribution in [3.05, 3.63) is 34.9 Å². The smallest absolute Gasteiger partial charge is 0.304 e. The van der Waals surface area contributed by atoms with E-state index in [0.29, 0.717) is 5.02 Å². The molecule has 1 aromatic carbocycles. The van der Waals surface area contributed by atoms with E-state index in [-0.39, 0.29) is 11.8 Å². The van der Waals surface area contributed by atoms with Gasteiger partial charge in [-0.3, -0.25) is 4.79 Å². The molecule has 0 atom stereocenters. The van der Waals surface area contributed by atoms with Crippen LogP contribution in [0, 0.1) is 0 Å². The van der Waals surface area contributed by atoms with Crippen molar-refractivity contribution >= 4 is 17.6 Å². The summed E-state index contributed by atoms with van der Waals surface area (Å²) in [6, 6.07) is 7.57. The van der Waals surface area contributed by atoms with E-state index in [1.807, 2.05) is 24.3 Å². The summed E-state index contributed by atoms with van der Waals surface area (Å²) in [6.07, 6.45) is 3.15. The molecule has 1 N–H and O–H groups in total. The molecule has 1 aromatic rings. The summed E-state index contributed by atoms with van der Waals surface area (Å²) in [5.74, 6) is -0.741.